The lowest BCUT2D eigenvalue weighted by Crippen LogP contribution is -2.29. The van der Waals surface area contributed by atoms with Gasteiger partial charge in [-0.3, -0.25) is 4.79 Å². The lowest BCUT2D eigenvalue weighted by Gasteiger charge is -2.27. The van der Waals surface area contributed by atoms with Gasteiger partial charge in [0, 0.05) is 24.8 Å². The van der Waals surface area contributed by atoms with Crippen molar-refractivity contribution in [3.05, 3.63) is 102 Å². The van der Waals surface area contributed by atoms with Crippen LogP contribution in [0, 0.1) is 0 Å². The van der Waals surface area contributed by atoms with E-state index in [2.05, 4.69) is 30.4 Å². The van der Waals surface area contributed by atoms with Crippen LogP contribution in [0.3, 0.4) is 0 Å². The summed E-state index contributed by atoms with van der Waals surface area (Å²) in [4.78, 5) is 14.9. The van der Waals surface area contributed by atoms with Gasteiger partial charge >= 0.3 is 6.18 Å². The maximum Gasteiger partial charge on any atom is 0.416 e. The summed E-state index contributed by atoms with van der Waals surface area (Å²) in [5.74, 6) is -0.127. The fourth-order valence-electron chi connectivity index (χ4n) is 4.23. The van der Waals surface area contributed by atoms with Crippen LogP contribution in [0.15, 0.2) is 84.9 Å². The Balaban J connectivity index is 1.53. The zero-order chi connectivity index (χ0) is 25.2. The Morgan fingerprint density at radius 3 is 2.14 bits per heavy atom. The summed E-state index contributed by atoms with van der Waals surface area (Å²) >= 11 is 0. The highest BCUT2D eigenvalue weighted by molar-refractivity contribution is 5.95. The molecule has 0 bridgehead atoms. The Morgan fingerprint density at radius 2 is 1.54 bits per heavy atom. The first-order valence-electron chi connectivity index (χ1n) is 11.5. The Bertz CT molecular complexity index is 1330. The molecular weight excluding hydrogens is 449 g/mol. The van der Waals surface area contributed by atoms with Crippen LogP contribution < -0.4 is 5.32 Å². The number of rotatable bonds is 6. The number of anilines is 1. The molecule has 0 heterocycles. The second kappa shape index (κ2) is 9.82. The fraction of sp³-hybridized carbons (Fsp3) is 0.207. The SMILES string of the molecule is CCNc1ccc2c(C(C)N(C)C(=O)c3ccc(-c4ccc(C(F)(F)F)cc4)cc3)cccc2c1. The molecule has 4 rings (SSSR count). The highest BCUT2D eigenvalue weighted by Gasteiger charge is 2.30. The average molecular weight is 477 g/mol. The standard InChI is InChI=1S/C29H27F3N2O/c1-4-33-25-16-17-27-23(18-25)6-5-7-26(27)19(2)34(3)28(35)22-10-8-20(9-11-22)21-12-14-24(15-13-21)29(30,31)32/h5-19,33H,4H2,1-3H3. The number of benzene rings is 4. The summed E-state index contributed by atoms with van der Waals surface area (Å²) in [5.41, 5.74) is 3.35. The minimum Gasteiger partial charge on any atom is -0.385 e. The van der Waals surface area contributed by atoms with E-state index < -0.39 is 11.7 Å². The lowest BCUT2D eigenvalue weighted by atomic mass is 9.97. The van der Waals surface area contributed by atoms with E-state index in [9.17, 15) is 18.0 Å². The second-order valence-electron chi connectivity index (χ2n) is 8.56. The third kappa shape index (κ3) is 5.16. The predicted octanol–water partition coefficient (Wildman–Crippen LogP) is 7.79. The van der Waals surface area contributed by atoms with Crippen LogP contribution in [0.25, 0.3) is 21.9 Å². The van der Waals surface area contributed by atoms with Gasteiger partial charge in [0.15, 0.2) is 0 Å². The largest absolute Gasteiger partial charge is 0.416 e. The number of halogens is 3. The third-order valence-corrected chi connectivity index (χ3v) is 6.32. The number of carbonyl (C=O) groups is 1. The molecular formula is C29H27F3N2O. The molecule has 35 heavy (non-hydrogen) atoms. The van der Waals surface area contributed by atoms with E-state index in [1.807, 2.05) is 25.1 Å². The van der Waals surface area contributed by atoms with Crippen molar-refractivity contribution in [2.75, 3.05) is 18.9 Å². The molecule has 4 aromatic carbocycles. The summed E-state index contributed by atoms with van der Waals surface area (Å²) < 4.78 is 38.5. The van der Waals surface area contributed by atoms with Crippen LogP contribution in [0.1, 0.15) is 41.4 Å². The van der Waals surface area contributed by atoms with E-state index >= 15 is 0 Å². The molecule has 1 amide bonds. The molecule has 0 fully saturated rings. The van der Waals surface area contributed by atoms with Crippen LogP contribution in [0.2, 0.25) is 0 Å². The molecule has 1 N–H and O–H groups in total. The molecule has 3 nitrogen and oxygen atoms in total. The number of nitrogens with one attached hydrogen (secondary N) is 1. The summed E-state index contributed by atoms with van der Waals surface area (Å²) in [7, 11) is 1.78. The Labute approximate surface area is 203 Å². The minimum atomic E-state index is -4.37. The maximum atomic E-state index is 13.2. The smallest absolute Gasteiger partial charge is 0.385 e. The second-order valence-corrected chi connectivity index (χ2v) is 8.56. The molecule has 0 aliphatic rings. The Morgan fingerprint density at radius 1 is 0.914 bits per heavy atom. The van der Waals surface area contributed by atoms with Gasteiger partial charge < -0.3 is 10.2 Å². The van der Waals surface area contributed by atoms with Crippen LogP contribution in [-0.2, 0) is 6.18 Å². The summed E-state index contributed by atoms with van der Waals surface area (Å²) in [6, 6.07) is 24.1. The zero-order valence-electron chi connectivity index (χ0n) is 19.9. The van der Waals surface area contributed by atoms with Crippen molar-refractivity contribution in [3.63, 3.8) is 0 Å². The van der Waals surface area contributed by atoms with Crippen LogP contribution in [-0.4, -0.2) is 24.4 Å². The maximum absolute atomic E-state index is 13.2. The van der Waals surface area contributed by atoms with Crippen molar-refractivity contribution in [1.82, 2.24) is 4.90 Å². The van der Waals surface area contributed by atoms with Gasteiger partial charge in [0.2, 0.25) is 0 Å². The first-order chi connectivity index (χ1) is 16.7. The normalized spacial score (nSPS) is 12.4. The van der Waals surface area contributed by atoms with Gasteiger partial charge in [-0.1, -0.05) is 48.5 Å². The number of nitrogens with zero attached hydrogens (tertiary/aromatic N) is 1. The molecule has 0 saturated carbocycles. The number of carbonyl (C=O) groups excluding carboxylic acids is 1. The number of hydrogen-bond acceptors (Lipinski definition) is 2. The zero-order valence-corrected chi connectivity index (χ0v) is 19.9. The topological polar surface area (TPSA) is 32.3 Å². The van der Waals surface area contributed by atoms with Crippen LogP contribution >= 0.6 is 0 Å². The first-order valence-corrected chi connectivity index (χ1v) is 11.5. The monoisotopic (exact) mass is 476 g/mol. The third-order valence-electron chi connectivity index (χ3n) is 6.32. The molecule has 0 saturated heterocycles. The van der Waals surface area contributed by atoms with E-state index in [4.69, 9.17) is 0 Å². The number of amides is 1. The van der Waals surface area contributed by atoms with E-state index in [0.29, 0.717) is 11.1 Å². The Hall–Kier alpha value is -3.80. The van der Waals surface area contributed by atoms with E-state index in [0.717, 1.165) is 46.3 Å². The van der Waals surface area contributed by atoms with E-state index in [1.165, 1.54) is 12.1 Å². The molecule has 0 spiro atoms. The minimum absolute atomic E-state index is 0.127. The summed E-state index contributed by atoms with van der Waals surface area (Å²) in [6.45, 7) is 4.90. The molecule has 0 aliphatic heterocycles. The molecule has 0 aromatic heterocycles. The molecule has 180 valence electrons. The predicted molar refractivity (Wildman–Crippen MR) is 136 cm³/mol. The Kier molecular flexibility index (Phi) is 6.83. The van der Waals surface area contributed by atoms with Crippen molar-refractivity contribution in [1.29, 1.82) is 0 Å². The van der Waals surface area contributed by atoms with E-state index in [1.54, 1.807) is 36.2 Å². The molecule has 0 radical (unpaired) electrons. The van der Waals surface area contributed by atoms with Gasteiger partial charge in [-0.2, -0.15) is 13.2 Å². The number of alkyl halides is 3. The van der Waals surface area contributed by atoms with Crippen LogP contribution in [0.5, 0.6) is 0 Å². The highest BCUT2D eigenvalue weighted by Crippen LogP contribution is 2.32. The fourth-order valence-corrected chi connectivity index (χ4v) is 4.23. The number of hydrogen-bond donors (Lipinski definition) is 1. The van der Waals surface area contributed by atoms with Gasteiger partial charge in [0.05, 0.1) is 11.6 Å². The summed E-state index contributed by atoms with van der Waals surface area (Å²) in [6.07, 6.45) is -4.37. The summed E-state index contributed by atoms with van der Waals surface area (Å²) in [5, 5.41) is 5.52. The lowest BCUT2D eigenvalue weighted by molar-refractivity contribution is -0.137. The molecule has 1 unspecified atom stereocenters. The van der Waals surface area contributed by atoms with Gasteiger partial charge in [0.25, 0.3) is 5.91 Å². The van der Waals surface area contributed by atoms with Crippen molar-refractivity contribution < 1.29 is 18.0 Å². The first kappa shape index (κ1) is 24.3. The van der Waals surface area contributed by atoms with Gasteiger partial charge in [-0.25, -0.2) is 0 Å². The molecule has 4 aromatic rings. The molecule has 6 heteroatoms. The van der Waals surface area contributed by atoms with E-state index in [-0.39, 0.29) is 11.9 Å². The van der Waals surface area contributed by atoms with Gasteiger partial charge in [0.1, 0.15) is 0 Å². The van der Waals surface area contributed by atoms with Crippen molar-refractivity contribution in [2.24, 2.45) is 0 Å². The highest BCUT2D eigenvalue weighted by atomic mass is 19.4. The number of fused-ring (bicyclic) bond motifs is 1. The van der Waals surface area contributed by atoms with Gasteiger partial charge in [-0.15, -0.1) is 0 Å². The average Bonchev–Trinajstić information content (AvgIpc) is 2.87. The molecule has 0 aliphatic carbocycles. The van der Waals surface area contributed by atoms with Gasteiger partial charge in [-0.05, 0) is 77.7 Å². The van der Waals surface area contributed by atoms with Crippen molar-refractivity contribution in [2.45, 2.75) is 26.1 Å². The molecule has 1 atom stereocenters. The van der Waals surface area contributed by atoms with Crippen LogP contribution in [0.4, 0.5) is 18.9 Å². The van der Waals surface area contributed by atoms with Crippen molar-refractivity contribution in [3.8, 4) is 11.1 Å². The van der Waals surface area contributed by atoms with Crippen molar-refractivity contribution >= 4 is 22.4 Å². The quantitative estimate of drug-likeness (QED) is 0.308.